The van der Waals surface area contributed by atoms with Crippen LogP contribution >= 0.6 is 15.9 Å². The lowest BCUT2D eigenvalue weighted by Crippen LogP contribution is -2.43. The van der Waals surface area contributed by atoms with Crippen molar-refractivity contribution in [3.8, 4) is 0 Å². The van der Waals surface area contributed by atoms with Crippen molar-refractivity contribution in [2.24, 2.45) is 5.41 Å². The molecule has 0 amide bonds. The van der Waals surface area contributed by atoms with E-state index in [2.05, 4.69) is 33.3 Å². The second kappa shape index (κ2) is 7.51. The predicted molar refractivity (Wildman–Crippen MR) is 85.6 cm³/mol. The summed E-state index contributed by atoms with van der Waals surface area (Å²) >= 11 is 3.49. The number of hydrogen-bond donors (Lipinski definition) is 1. The average molecular weight is 358 g/mol. The number of aromatic nitrogens is 2. The fraction of sp³-hybridized carbons (Fsp3) is 0.733. The lowest BCUT2D eigenvalue weighted by Gasteiger charge is -2.36. The van der Waals surface area contributed by atoms with E-state index in [1.165, 1.54) is 0 Å². The Bertz CT molecular complexity index is 476. The minimum Gasteiger partial charge on any atom is -0.383 e. The Morgan fingerprint density at radius 1 is 1.52 bits per heavy atom. The third kappa shape index (κ3) is 3.55. The number of nitrogens with zero attached hydrogens (tertiary/aromatic N) is 2. The highest BCUT2D eigenvalue weighted by molar-refractivity contribution is 9.10. The first kappa shape index (κ1) is 16.6. The summed E-state index contributed by atoms with van der Waals surface area (Å²) in [6, 6.07) is 0. The summed E-state index contributed by atoms with van der Waals surface area (Å²) in [5, 5.41) is 7.67. The highest BCUT2D eigenvalue weighted by Gasteiger charge is 2.41. The molecule has 5 nitrogen and oxygen atoms in total. The van der Waals surface area contributed by atoms with Gasteiger partial charge in [-0.2, -0.15) is 5.10 Å². The molecule has 1 saturated heterocycles. The molecule has 1 fully saturated rings. The van der Waals surface area contributed by atoms with Gasteiger partial charge in [-0.15, -0.1) is 0 Å². The number of hydrogen-bond acceptors (Lipinski definition) is 4. The van der Waals surface area contributed by atoms with Crippen molar-refractivity contribution in [3.63, 3.8) is 0 Å². The van der Waals surface area contributed by atoms with Gasteiger partial charge in [-0.1, -0.05) is 13.3 Å². The SMILES string of the molecule is CCCC1(C(=O)c2c(Br)cnn2CCOC)CCNCC1. The molecule has 118 valence electrons. The molecule has 0 radical (unpaired) electrons. The van der Waals surface area contributed by atoms with Gasteiger partial charge in [0.15, 0.2) is 5.78 Å². The summed E-state index contributed by atoms with van der Waals surface area (Å²) in [5.74, 6) is 0.228. The lowest BCUT2D eigenvalue weighted by molar-refractivity contribution is 0.0688. The van der Waals surface area contributed by atoms with Crippen molar-refractivity contribution in [2.75, 3.05) is 26.8 Å². The van der Waals surface area contributed by atoms with Gasteiger partial charge in [0.2, 0.25) is 0 Å². The van der Waals surface area contributed by atoms with Gasteiger partial charge in [0.1, 0.15) is 5.69 Å². The molecule has 1 aliphatic rings. The molecule has 2 rings (SSSR count). The third-order valence-corrected chi connectivity index (χ3v) is 4.87. The van der Waals surface area contributed by atoms with Crippen LogP contribution in [0, 0.1) is 5.41 Å². The van der Waals surface area contributed by atoms with E-state index in [4.69, 9.17) is 4.74 Å². The topological polar surface area (TPSA) is 56.2 Å². The zero-order valence-electron chi connectivity index (χ0n) is 12.8. The van der Waals surface area contributed by atoms with Crippen molar-refractivity contribution in [3.05, 3.63) is 16.4 Å². The van der Waals surface area contributed by atoms with Gasteiger partial charge in [-0.25, -0.2) is 0 Å². The molecule has 1 aliphatic heterocycles. The number of ether oxygens (including phenoxy) is 1. The molecule has 0 atom stereocenters. The molecule has 1 aromatic rings. The standard InChI is InChI=1S/C15H24BrN3O2/c1-3-4-15(5-7-17-8-6-15)14(20)13-12(16)11-18-19(13)9-10-21-2/h11,17H,3-10H2,1-2H3. The molecule has 1 aromatic heterocycles. The van der Waals surface area contributed by atoms with Crippen LogP contribution in [0.4, 0.5) is 0 Å². The van der Waals surface area contributed by atoms with E-state index in [1.54, 1.807) is 18.0 Å². The molecule has 0 saturated carbocycles. The van der Waals surface area contributed by atoms with E-state index in [1.807, 2.05) is 0 Å². The molecule has 0 aliphatic carbocycles. The number of carbonyl (C=O) groups is 1. The number of nitrogens with one attached hydrogen (secondary N) is 1. The monoisotopic (exact) mass is 357 g/mol. The van der Waals surface area contributed by atoms with E-state index >= 15 is 0 Å². The van der Waals surface area contributed by atoms with Gasteiger partial charge >= 0.3 is 0 Å². The fourth-order valence-electron chi connectivity index (χ4n) is 3.16. The van der Waals surface area contributed by atoms with Crippen LogP contribution in [-0.4, -0.2) is 42.4 Å². The number of methoxy groups -OCH3 is 1. The molecule has 0 bridgehead atoms. The number of ketones is 1. The molecule has 2 heterocycles. The highest BCUT2D eigenvalue weighted by Crippen LogP contribution is 2.39. The van der Waals surface area contributed by atoms with Gasteiger partial charge in [-0.05, 0) is 48.3 Å². The summed E-state index contributed by atoms with van der Waals surface area (Å²) in [7, 11) is 1.66. The smallest absolute Gasteiger partial charge is 0.188 e. The number of carbonyl (C=O) groups excluding carboxylic acids is 1. The van der Waals surface area contributed by atoms with Gasteiger partial charge in [0, 0.05) is 12.5 Å². The number of halogens is 1. The molecule has 0 unspecified atom stereocenters. The van der Waals surface area contributed by atoms with Crippen LogP contribution < -0.4 is 5.32 Å². The maximum Gasteiger partial charge on any atom is 0.188 e. The van der Waals surface area contributed by atoms with E-state index in [-0.39, 0.29) is 11.2 Å². The van der Waals surface area contributed by atoms with Gasteiger partial charge < -0.3 is 10.1 Å². The fourth-order valence-corrected chi connectivity index (χ4v) is 3.64. The number of Topliss-reactive ketones (excluding diaryl/α,β-unsaturated/α-hetero) is 1. The normalized spacial score (nSPS) is 17.9. The Balaban J connectivity index is 2.30. The van der Waals surface area contributed by atoms with Gasteiger partial charge in [-0.3, -0.25) is 9.48 Å². The van der Waals surface area contributed by atoms with Gasteiger partial charge in [0.05, 0.1) is 23.8 Å². The maximum atomic E-state index is 13.2. The van der Waals surface area contributed by atoms with Crippen molar-refractivity contribution in [1.29, 1.82) is 0 Å². The van der Waals surface area contributed by atoms with Crippen molar-refractivity contribution < 1.29 is 9.53 Å². The van der Waals surface area contributed by atoms with Crippen LogP contribution in [-0.2, 0) is 11.3 Å². The molecule has 6 heteroatoms. The third-order valence-electron chi connectivity index (χ3n) is 4.29. The predicted octanol–water partition coefficient (Wildman–Crippen LogP) is 2.64. The minimum absolute atomic E-state index is 0.228. The first-order chi connectivity index (χ1) is 10.1. The highest BCUT2D eigenvalue weighted by atomic mass is 79.9. The van der Waals surface area contributed by atoms with Crippen LogP contribution in [0.3, 0.4) is 0 Å². The molecule has 0 spiro atoms. The first-order valence-corrected chi connectivity index (χ1v) is 8.39. The molecule has 21 heavy (non-hydrogen) atoms. The summed E-state index contributed by atoms with van der Waals surface area (Å²) in [6.07, 6.45) is 5.48. The molecule has 0 aromatic carbocycles. The van der Waals surface area contributed by atoms with Crippen LogP contribution in [0.15, 0.2) is 10.7 Å². The first-order valence-electron chi connectivity index (χ1n) is 7.60. The molecular weight excluding hydrogens is 334 g/mol. The summed E-state index contributed by atoms with van der Waals surface area (Å²) in [4.78, 5) is 13.2. The van der Waals surface area contributed by atoms with Crippen molar-refractivity contribution in [2.45, 2.75) is 39.2 Å². The summed E-state index contributed by atoms with van der Waals surface area (Å²) < 4.78 is 7.67. The largest absolute Gasteiger partial charge is 0.383 e. The lowest BCUT2D eigenvalue weighted by atomic mass is 9.71. The Hall–Kier alpha value is -0.720. The van der Waals surface area contributed by atoms with Gasteiger partial charge in [0.25, 0.3) is 0 Å². The van der Waals surface area contributed by atoms with Crippen LogP contribution in [0.25, 0.3) is 0 Å². The molecular formula is C15H24BrN3O2. The van der Waals surface area contributed by atoms with E-state index < -0.39 is 0 Å². The van der Waals surface area contributed by atoms with E-state index in [0.29, 0.717) is 18.8 Å². The van der Waals surface area contributed by atoms with Crippen LogP contribution in [0.2, 0.25) is 0 Å². The number of piperidine rings is 1. The van der Waals surface area contributed by atoms with Crippen LogP contribution in [0.1, 0.15) is 43.1 Å². The van der Waals surface area contributed by atoms with Crippen molar-refractivity contribution >= 4 is 21.7 Å². The average Bonchev–Trinajstić information content (AvgIpc) is 2.86. The second-order valence-corrected chi connectivity index (χ2v) is 6.52. The van der Waals surface area contributed by atoms with Crippen molar-refractivity contribution in [1.82, 2.24) is 15.1 Å². The van der Waals surface area contributed by atoms with Crippen LogP contribution in [0.5, 0.6) is 0 Å². The zero-order chi connectivity index (χ0) is 15.3. The quantitative estimate of drug-likeness (QED) is 0.762. The minimum atomic E-state index is -0.243. The summed E-state index contributed by atoms with van der Waals surface area (Å²) in [5.41, 5.74) is 0.454. The second-order valence-electron chi connectivity index (χ2n) is 5.67. The summed E-state index contributed by atoms with van der Waals surface area (Å²) in [6.45, 7) is 5.12. The Kier molecular flexibility index (Phi) is 5.96. The molecule has 1 N–H and O–H groups in total. The Labute approximate surface area is 134 Å². The Morgan fingerprint density at radius 3 is 2.86 bits per heavy atom. The number of rotatable bonds is 7. The zero-order valence-corrected chi connectivity index (χ0v) is 14.4. The van der Waals surface area contributed by atoms with E-state index in [9.17, 15) is 4.79 Å². The van der Waals surface area contributed by atoms with E-state index in [0.717, 1.165) is 43.2 Å². The Morgan fingerprint density at radius 2 is 2.24 bits per heavy atom. The maximum absolute atomic E-state index is 13.2.